The zero-order valence-corrected chi connectivity index (χ0v) is 9.97. The largest absolute Gasteiger partial charge is 0.298 e. The lowest BCUT2D eigenvalue weighted by atomic mass is 10.1. The molecule has 0 aliphatic heterocycles. The first-order valence-corrected chi connectivity index (χ1v) is 5.76. The molecule has 3 aromatic rings. The van der Waals surface area contributed by atoms with Gasteiger partial charge in [0.25, 0.3) is 5.95 Å². The number of rotatable bonds is 3. The van der Waals surface area contributed by atoms with Gasteiger partial charge in [0.1, 0.15) is 0 Å². The smallest absolute Gasteiger partial charge is 0.251 e. The zero-order chi connectivity index (χ0) is 13.1. The Morgan fingerprint density at radius 1 is 1.00 bits per heavy atom. The first-order chi connectivity index (χ1) is 9.40. The lowest BCUT2D eigenvalue weighted by Crippen LogP contribution is -2.04. The van der Waals surface area contributed by atoms with E-state index in [0.717, 1.165) is 11.8 Å². The summed E-state index contributed by atoms with van der Waals surface area (Å²) in [6, 6.07) is 11.3. The van der Waals surface area contributed by atoms with Crippen molar-refractivity contribution < 1.29 is 4.79 Å². The molecular formula is C14H10N4O. The Morgan fingerprint density at radius 2 is 1.74 bits per heavy atom. The van der Waals surface area contributed by atoms with Gasteiger partial charge in [0.15, 0.2) is 6.29 Å². The van der Waals surface area contributed by atoms with Crippen molar-refractivity contribution in [3.63, 3.8) is 0 Å². The van der Waals surface area contributed by atoms with E-state index in [1.54, 1.807) is 23.1 Å². The van der Waals surface area contributed by atoms with Crippen LogP contribution < -0.4 is 0 Å². The molecular weight excluding hydrogens is 240 g/mol. The maximum Gasteiger partial charge on any atom is 0.251 e. The molecule has 0 radical (unpaired) electrons. The summed E-state index contributed by atoms with van der Waals surface area (Å²) in [6.07, 6.45) is 5.58. The minimum Gasteiger partial charge on any atom is -0.298 e. The van der Waals surface area contributed by atoms with Crippen LogP contribution in [0.3, 0.4) is 0 Å². The predicted molar refractivity (Wildman–Crippen MR) is 70.0 cm³/mol. The molecule has 2 heterocycles. The van der Waals surface area contributed by atoms with E-state index in [2.05, 4.69) is 15.1 Å². The molecule has 0 spiro atoms. The molecule has 5 heteroatoms. The van der Waals surface area contributed by atoms with Gasteiger partial charge in [0.05, 0.1) is 17.5 Å². The fourth-order valence-electron chi connectivity index (χ4n) is 1.88. The maximum absolute atomic E-state index is 11.2. The standard InChI is InChI=1S/C14H10N4O/c19-10-12-9-17-18(14-15-7-4-8-16-14)13(12)11-5-2-1-3-6-11/h1-10H. The first-order valence-electron chi connectivity index (χ1n) is 5.76. The lowest BCUT2D eigenvalue weighted by Gasteiger charge is -2.06. The summed E-state index contributed by atoms with van der Waals surface area (Å²) in [7, 11) is 0. The highest BCUT2D eigenvalue weighted by Gasteiger charge is 2.14. The monoisotopic (exact) mass is 250 g/mol. The predicted octanol–water partition coefficient (Wildman–Crippen LogP) is 2.14. The van der Waals surface area contributed by atoms with Crippen molar-refractivity contribution in [1.29, 1.82) is 0 Å². The molecule has 0 N–H and O–H groups in total. The van der Waals surface area contributed by atoms with Crippen LogP contribution in [0.25, 0.3) is 17.2 Å². The molecule has 0 amide bonds. The summed E-state index contributed by atoms with van der Waals surface area (Å²) < 4.78 is 1.57. The number of nitrogens with zero attached hydrogens (tertiary/aromatic N) is 4. The summed E-state index contributed by atoms with van der Waals surface area (Å²) in [4.78, 5) is 19.5. The molecule has 0 unspecified atom stereocenters. The second kappa shape index (κ2) is 4.81. The zero-order valence-electron chi connectivity index (χ0n) is 9.97. The van der Waals surface area contributed by atoms with Crippen molar-refractivity contribution >= 4 is 6.29 Å². The molecule has 1 aromatic carbocycles. The van der Waals surface area contributed by atoms with Crippen LogP contribution in [0, 0.1) is 0 Å². The van der Waals surface area contributed by atoms with E-state index < -0.39 is 0 Å². The van der Waals surface area contributed by atoms with Crippen molar-refractivity contribution in [1.82, 2.24) is 19.7 Å². The number of aldehydes is 1. The van der Waals surface area contributed by atoms with Crippen LogP contribution in [0.1, 0.15) is 10.4 Å². The molecule has 92 valence electrons. The topological polar surface area (TPSA) is 60.7 Å². The minimum absolute atomic E-state index is 0.439. The Balaban J connectivity index is 2.23. The molecule has 0 aliphatic rings. The van der Waals surface area contributed by atoms with Crippen LogP contribution >= 0.6 is 0 Å². The summed E-state index contributed by atoms with van der Waals surface area (Å²) in [5, 5.41) is 4.19. The highest BCUT2D eigenvalue weighted by atomic mass is 16.1. The fraction of sp³-hybridized carbons (Fsp3) is 0. The van der Waals surface area contributed by atoms with E-state index in [1.807, 2.05) is 30.3 Å². The van der Waals surface area contributed by atoms with E-state index in [1.165, 1.54) is 6.20 Å². The maximum atomic E-state index is 11.2. The second-order valence-electron chi connectivity index (χ2n) is 3.89. The first kappa shape index (κ1) is 11.3. The summed E-state index contributed by atoms with van der Waals surface area (Å²) >= 11 is 0. The van der Waals surface area contributed by atoms with Crippen molar-refractivity contribution in [3.05, 3.63) is 60.6 Å². The molecule has 0 bridgehead atoms. The van der Waals surface area contributed by atoms with Crippen LogP contribution in [0.5, 0.6) is 0 Å². The summed E-state index contributed by atoms with van der Waals surface area (Å²) in [5.41, 5.74) is 2.11. The third-order valence-corrected chi connectivity index (χ3v) is 2.71. The highest BCUT2D eigenvalue weighted by Crippen LogP contribution is 2.23. The molecule has 0 saturated heterocycles. The summed E-state index contributed by atoms with van der Waals surface area (Å²) in [5.74, 6) is 0.439. The number of carbonyl (C=O) groups is 1. The molecule has 0 aliphatic carbocycles. The van der Waals surface area contributed by atoms with Crippen molar-refractivity contribution in [2.45, 2.75) is 0 Å². The highest BCUT2D eigenvalue weighted by molar-refractivity contribution is 5.86. The number of carbonyl (C=O) groups excluding carboxylic acids is 1. The Bertz CT molecular complexity index is 692. The van der Waals surface area contributed by atoms with E-state index in [-0.39, 0.29) is 0 Å². The second-order valence-corrected chi connectivity index (χ2v) is 3.89. The Labute approximate surface area is 109 Å². The van der Waals surface area contributed by atoms with E-state index in [4.69, 9.17) is 0 Å². The van der Waals surface area contributed by atoms with Gasteiger partial charge in [-0.05, 0) is 6.07 Å². The molecule has 3 rings (SSSR count). The van der Waals surface area contributed by atoms with Crippen LogP contribution in [-0.2, 0) is 0 Å². The SMILES string of the molecule is O=Cc1cnn(-c2ncccn2)c1-c1ccccc1. The Morgan fingerprint density at radius 3 is 2.42 bits per heavy atom. The number of benzene rings is 1. The molecule has 0 atom stereocenters. The van der Waals surface area contributed by atoms with Crippen molar-refractivity contribution in [2.24, 2.45) is 0 Å². The lowest BCUT2D eigenvalue weighted by molar-refractivity contribution is 0.112. The third kappa shape index (κ3) is 2.01. The van der Waals surface area contributed by atoms with Gasteiger partial charge in [-0.2, -0.15) is 9.78 Å². The van der Waals surface area contributed by atoms with Gasteiger partial charge in [-0.1, -0.05) is 30.3 Å². The molecule has 0 saturated carbocycles. The van der Waals surface area contributed by atoms with Gasteiger partial charge in [-0.25, -0.2) is 9.97 Å². The number of hydrogen-bond acceptors (Lipinski definition) is 4. The fourth-order valence-corrected chi connectivity index (χ4v) is 1.88. The quantitative estimate of drug-likeness (QED) is 0.668. The molecule has 19 heavy (non-hydrogen) atoms. The average molecular weight is 250 g/mol. The van der Waals surface area contributed by atoms with E-state index in [9.17, 15) is 4.79 Å². The van der Waals surface area contributed by atoms with Crippen LogP contribution in [0.2, 0.25) is 0 Å². The third-order valence-electron chi connectivity index (χ3n) is 2.71. The normalized spacial score (nSPS) is 10.3. The number of hydrogen-bond donors (Lipinski definition) is 0. The number of aromatic nitrogens is 4. The van der Waals surface area contributed by atoms with Crippen LogP contribution in [0.4, 0.5) is 0 Å². The van der Waals surface area contributed by atoms with Gasteiger partial charge in [0, 0.05) is 18.0 Å². The van der Waals surface area contributed by atoms with Gasteiger partial charge < -0.3 is 0 Å². The Kier molecular flexibility index (Phi) is 2.86. The average Bonchev–Trinajstić information content (AvgIpc) is 2.93. The van der Waals surface area contributed by atoms with E-state index in [0.29, 0.717) is 17.2 Å². The summed E-state index contributed by atoms with van der Waals surface area (Å²) in [6.45, 7) is 0. The van der Waals surface area contributed by atoms with Gasteiger partial charge in [-0.3, -0.25) is 4.79 Å². The molecule has 2 aromatic heterocycles. The van der Waals surface area contributed by atoms with E-state index >= 15 is 0 Å². The van der Waals surface area contributed by atoms with Gasteiger partial charge in [-0.15, -0.1) is 0 Å². The molecule has 0 fully saturated rings. The van der Waals surface area contributed by atoms with Crippen LogP contribution in [0.15, 0.2) is 55.0 Å². The van der Waals surface area contributed by atoms with Crippen molar-refractivity contribution in [2.75, 3.05) is 0 Å². The van der Waals surface area contributed by atoms with Crippen LogP contribution in [-0.4, -0.2) is 26.0 Å². The van der Waals surface area contributed by atoms with Crippen molar-refractivity contribution in [3.8, 4) is 17.2 Å². The minimum atomic E-state index is 0.439. The van der Waals surface area contributed by atoms with Gasteiger partial charge in [0.2, 0.25) is 0 Å². The Hall–Kier alpha value is -2.82. The molecule has 5 nitrogen and oxygen atoms in total. The van der Waals surface area contributed by atoms with Gasteiger partial charge >= 0.3 is 0 Å².